The lowest BCUT2D eigenvalue weighted by atomic mass is 9.97. The summed E-state index contributed by atoms with van der Waals surface area (Å²) in [5.41, 5.74) is 0.751. The summed E-state index contributed by atoms with van der Waals surface area (Å²) >= 11 is 0. The van der Waals surface area contributed by atoms with Crippen LogP contribution in [0.15, 0.2) is 35.1 Å². The van der Waals surface area contributed by atoms with E-state index < -0.39 is 5.56 Å². The molecular formula is C23H30N4O5. The lowest BCUT2D eigenvalue weighted by Crippen LogP contribution is -2.48. The zero-order valence-corrected chi connectivity index (χ0v) is 19.0. The predicted molar refractivity (Wildman–Crippen MR) is 120 cm³/mol. The van der Waals surface area contributed by atoms with Gasteiger partial charge in [-0.2, -0.15) is 5.10 Å². The third kappa shape index (κ3) is 5.46. The highest BCUT2D eigenvalue weighted by molar-refractivity contribution is 5.81. The number of rotatable bonds is 7. The maximum atomic E-state index is 12.9. The van der Waals surface area contributed by atoms with Crippen molar-refractivity contribution in [1.82, 2.24) is 20.0 Å². The second kappa shape index (κ2) is 10.3. The largest absolute Gasteiger partial charge is 0.497 e. The summed E-state index contributed by atoms with van der Waals surface area (Å²) in [7, 11) is 3.05. The summed E-state index contributed by atoms with van der Waals surface area (Å²) in [5, 5.41) is 7.32. The SMILES string of the molecule is COc1ccc(-c2nn(CC(=O)N3CCCC(C(=O)NC(C)C)C3)c(=O)cc2OC)cc1. The van der Waals surface area contributed by atoms with Gasteiger partial charge in [0.2, 0.25) is 11.8 Å². The van der Waals surface area contributed by atoms with Gasteiger partial charge in [-0.15, -0.1) is 0 Å². The highest BCUT2D eigenvalue weighted by Gasteiger charge is 2.29. The predicted octanol–water partition coefficient (Wildman–Crippen LogP) is 1.69. The molecule has 0 bridgehead atoms. The number of methoxy groups -OCH3 is 2. The van der Waals surface area contributed by atoms with Crippen LogP contribution in [0.5, 0.6) is 11.5 Å². The molecule has 1 aromatic heterocycles. The average Bonchev–Trinajstić information content (AvgIpc) is 2.79. The topological polar surface area (TPSA) is 103 Å². The maximum Gasteiger partial charge on any atom is 0.270 e. The van der Waals surface area contributed by atoms with Crippen molar-refractivity contribution in [3.63, 3.8) is 0 Å². The summed E-state index contributed by atoms with van der Waals surface area (Å²) in [5.74, 6) is 0.488. The van der Waals surface area contributed by atoms with Gasteiger partial charge < -0.3 is 19.7 Å². The van der Waals surface area contributed by atoms with Crippen LogP contribution in [0.25, 0.3) is 11.3 Å². The van der Waals surface area contributed by atoms with E-state index in [2.05, 4.69) is 10.4 Å². The van der Waals surface area contributed by atoms with Crippen LogP contribution >= 0.6 is 0 Å². The second-order valence-corrected chi connectivity index (χ2v) is 8.13. The van der Waals surface area contributed by atoms with Gasteiger partial charge in [-0.1, -0.05) is 0 Å². The Bertz CT molecular complexity index is 1020. The first-order chi connectivity index (χ1) is 15.3. The molecule has 3 rings (SSSR count). The number of carbonyl (C=O) groups is 2. The number of nitrogens with one attached hydrogen (secondary N) is 1. The van der Waals surface area contributed by atoms with Gasteiger partial charge in [0.05, 0.1) is 20.1 Å². The number of aromatic nitrogens is 2. The van der Waals surface area contributed by atoms with Crippen molar-refractivity contribution in [2.24, 2.45) is 5.92 Å². The third-order valence-electron chi connectivity index (χ3n) is 5.41. The summed E-state index contributed by atoms with van der Waals surface area (Å²) in [6.07, 6.45) is 1.48. The fourth-order valence-electron chi connectivity index (χ4n) is 3.74. The van der Waals surface area contributed by atoms with Crippen LogP contribution in [0, 0.1) is 5.92 Å². The van der Waals surface area contributed by atoms with E-state index in [1.807, 2.05) is 26.0 Å². The van der Waals surface area contributed by atoms with Crippen LogP contribution < -0.4 is 20.3 Å². The van der Waals surface area contributed by atoms with E-state index in [1.54, 1.807) is 24.1 Å². The van der Waals surface area contributed by atoms with Crippen molar-refractivity contribution >= 4 is 11.8 Å². The van der Waals surface area contributed by atoms with Gasteiger partial charge in [-0.3, -0.25) is 14.4 Å². The first kappa shape index (κ1) is 23.3. The molecule has 1 aromatic carbocycles. The van der Waals surface area contributed by atoms with E-state index in [9.17, 15) is 14.4 Å². The Hall–Kier alpha value is -3.36. The minimum Gasteiger partial charge on any atom is -0.497 e. The molecule has 0 radical (unpaired) electrons. The Labute approximate surface area is 187 Å². The molecular weight excluding hydrogens is 412 g/mol. The van der Waals surface area contributed by atoms with Gasteiger partial charge >= 0.3 is 0 Å². The number of benzene rings is 1. The number of ether oxygens (including phenoxy) is 2. The first-order valence-corrected chi connectivity index (χ1v) is 10.7. The molecule has 1 unspecified atom stereocenters. The summed E-state index contributed by atoms with van der Waals surface area (Å²) < 4.78 is 11.7. The van der Waals surface area contributed by atoms with Crippen LogP contribution in [0.3, 0.4) is 0 Å². The highest BCUT2D eigenvalue weighted by atomic mass is 16.5. The summed E-state index contributed by atoms with van der Waals surface area (Å²) in [6, 6.07) is 8.56. The van der Waals surface area contributed by atoms with E-state index in [0.29, 0.717) is 30.3 Å². The lowest BCUT2D eigenvalue weighted by Gasteiger charge is -2.32. The smallest absolute Gasteiger partial charge is 0.270 e. The molecule has 0 saturated carbocycles. The number of nitrogens with zero attached hydrogens (tertiary/aromatic N) is 3. The van der Waals surface area contributed by atoms with E-state index in [0.717, 1.165) is 23.1 Å². The number of piperidine rings is 1. The van der Waals surface area contributed by atoms with Crippen LogP contribution in [0.4, 0.5) is 0 Å². The third-order valence-corrected chi connectivity index (χ3v) is 5.41. The molecule has 2 heterocycles. The van der Waals surface area contributed by atoms with Crippen LogP contribution in [-0.4, -0.2) is 59.8 Å². The van der Waals surface area contributed by atoms with E-state index >= 15 is 0 Å². The fourth-order valence-corrected chi connectivity index (χ4v) is 3.74. The second-order valence-electron chi connectivity index (χ2n) is 8.13. The zero-order chi connectivity index (χ0) is 23.3. The molecule has 1 aliphatic heterocycles. The summed E-state index contributed by atoms with van der Waals surface area (Å²) in [4.78, 5) is 39.5. The molecule has 32 heavy (non-hydrogen) atoms. The quantitative estimate of drug-likeness (QED) is 0.700. The standard InChI is InChI=1S/C23H30N4O5/c1-15(2)24-23(30)17-6-5-11-26(13-17)21(29)14-27-20(28)12-19(32-4)22(25-27)16-7-9-18(31-3)10-8-16/h7-10,12,15,17H,5-6,11,13-14H2,1-4H3,(H,24,30). The van der Waals surface area contributed by atoms with Gasteiger partial charge in [0.25, 0.3) is 5.56 Å². The Morgan fingerprint density at radius 3 is 2.53 bits per heavy atom. The Morgan fingerprint density at radius 1 is 1.19 bits per heavy atom. The van der Waals surface area contributed by atoms with E-state index in [-0.39, 0.29) is 30.3 Å². The molecule has 0 spiro atoms. The molecule has 1 fully saturated rings. The molecule has 172 valence electrons. The van der Waals surface area contributed by atoms with Crippen molar-refractivity contribution in [1.29, 1.82) is 0 Å². The van der Waals surface area contributed by atoms with Crippen molar-refractivity contribution in [2.45, 2.75) is 39.3 Å². The van der Waals surface area contributed by atoms with Gasteiger partial charge in [0.15, 0.2) is 5.75 Å². The van der Waals surface area contributed by atoms with Gasteiger partial charge in [-0.05, 0) is 51.0 Å². The van der Waals surface area contributed by atoms with Crippen molar-refractivity contribution in [3.8, 4) is 22.8 Å². The number of hydrogen-bond donors (Lipinski definition) is 1. The number of likely N-dealkylation sites (tertiary alicyclic amines) is 1. The van der Waals surface area contributed by atoms with Crippen molar-refractivity contribution in [3.05, 3.63) is 40.7 Å². The van der Waals surface area contributed by atoms with Gasteiger partial charge in [0.1, 0.15) is 18.0 Å². The monoisotopic (exact) mass is 442 g/mol. The van der Waals surface area contributed by atoms with E-state index in [1.165, 1.54) is 13.2 Å². The molecule has 2 amide bonds. The molecule has 1 saturated heterocycles. The molecule has 9 nitrogen and oxygen atoms in total. The maximum absolute atomic E-state index is 12.9. The normalized spacial score (nSPS) is 16.0. The Balaban J connectivity index is 1.79. The van der Waals surface area contributed by atoms with Crippen LogP contribution in [-0.2, 0) is 16.1 Å². The lowest BCUT2D eigenvalue weighted by molar-refractivity contribution is -0.136. The first-order valence-electron chi connectivity index (χ1n) is 10.7. The van der Waals surface area contributed by atoms with Crippen LogP contribution in [0.1, 0.15) is 26.7 Å². The van der Waals surface area contributed by atoms with Crippen molar-refractivity contribution < 1.29 is 19.1 Å². The average molecular weight is 443 g/mol. The molecule has 1 N–H and O–H groups in total. The zero-order valence-electron chi connectivity index (χ0n) is 19.0. The highest BCUT2D eigenvalue weighted by Crippen LogP contribution is 2.27. The Kier molecular flexibility index (Phi) is 7.50. The van der Waals surface area contributed by atoms with E-state index in [4.69, 9.17) is 9.47 Å². The van der Waals surface area contributed by atoms with Gasteiger partial charge in [-0.25, -0.2) is 4.68 Å². The Morgan fingerprint density at radius 2 is 1.91 bits per heavy atom. The van der Waals surface area contributed by atoms with Crippen molar-refractivity contribution in [2.75, 3.05) is 27.3 Å². The molecule has 0 aliphatic carbocycles. The van der Waals surface area contributed by atoms with Gasteiger partial charge in [0, 0.05) is 30.8 Å². The fraction of sp³-hybridized carbons (Fsp3) is 0.478. The molecule has 9 heteroatoms. The number of hydrogen-bond acceptors (Lipinski definition) is 6. The molecule has 2 aromatic rings. The number of amides is 2. The summed E-state index contributed by atoms with van der Waals surface area (Å²) in [6.45, 7) is 4.51. The van der Waals surface area contributed by atoms with Crippen LogP contribution in [0.2, 0.25) is 0 Å². The minimum absolute atomic E-state index is 0.0426. The minimum atomic E-state index is -0.432. The number of carbonyl (C=O) groups excluding carboxylic acids is 2. The molecule has 1 aliphatic rings. The molecule has 1 atom stereocenters.